The van der Waals surface area contributed by atoms with Gasteiger partial charge in [-0.2, -0.15) is 21.0 Å². The summed E-state index contributed by atoms with van der Waals surface area (Å²) in [5, 5.41) is 35.1. The van der Waals surface area contributed by atoms with E-state index in [1.165, 1.54) is 12.2 Å². The van der Waals surface area contributed by atoms with Crippen LogP contribution in [-0.2, 0) is 0 Å². The second-order valence-corrected chi connectivity index (χ2v) is 3.93. The Morgan fingerprint density at radius 1 is 1.11 bits per heavy atom. The van der Waals surface area contributed by atoms with E-state index in [9.17, 15) is 0 Å². The predicted octanol–water partition coefficient (Wildman–Crippen LogP) is 2.84. The van der Waals surface area contributed by atoms with Crippen LogP contribution in [0.1, 0.15) is 12.8 Å². The zero-order valence-electron chi connectivity index (χ0n) is 9.31. The normalized spacial score (nSPS) is 15.8. The number of nitriles is 4. The lowest BCUT2D eigenvalue weighted by Crippen LogP contribution is -1.89. The van der Waals surface area contributed by atoms with Crippen molar-refractivity contribution in [3.05, 3.63) is 33.9 Å². The molecule has 0 amide bonds. The molecule has 1 aliphatic rings. The molecule has 0 aromatic rings. The molecule has 0 heterocycles. The predicted molar refractivity (Wildman–Crippen MR) is 64.2 cm³/mol. The Hall–Kier alpha value is -2.53. The molecule has 0 aromatic heterocycles. The summed E-state index contributed by atoms with van der Waals surface area (Å²) in [6.45, 7) is 0. The highest BCUT2D eigenvalue weighted by Crippen LogP contribution is 2.36. The van der Waals surface area contributed by atoms with Crippen molar-refractivity contribution in [2.24, 2.45) is 5.92 Å². The lowest BCUT2D eigenvalue weighted by atomic mass is 10.1. The molecule has 4 nitrogen and oxygen atoms in total. The van der Waals surface area contributed by atoms with Crippen molar-refractivity contribution >= 4 is 11.6 Å². The van der Waals surface area contributed by atoms with Crippen LogP contribution in [0.5, 0.6) is 0 Å². The molecule has 0 N–H and O–H groups in total. The molecule has 0 spiro atoms. The molecule has 0 unspecified atom stereocenters. The summed E-state index contributed by atoms with van der Waals surface area (Å²) >= 11 is 6.09. The zero-order chi connectivity index (χ0) is 13.5. The average Bonchev–Trinajstić information content (AvgIpc) is 2.74. The molecule has 0 saturated heterocycles. The fraction of sp³-hybridized carbons (Fsp3) is 0.231. The second-order valence-electron chi connectivity index (χ2n) is 3.55. The van der Waals surface area contributed by atoms with Crippen molar-refractivity contribution in [3.63, 3.8) is 0 Å². The molecule has 86 valence electrons. The van der Waals surface area contributed by atoms with Gasteiger partial charge in [0.25, 0.3) is 0 Å². The number of nitrogens with zero attached hydrogens (tertiary/aromatic N) is 4. The van der Waals surface area contributed by atoms with Crippen LogP contribution >= 0.6 is 11.6 Å². The van der Waals surface area contributed by atoms with Gasteiger partial charge >= 0.3 is 0 Å². The molecule has 0 aliphatic heterocycles. The van der Waals surface area contributed by atoms with Crippen molar-refractivity contribution < 1.29 is 0 Å². The highest BCUT2D eigenvalue weighted by atomic mass is 35.5. The van der Waals surface area contributed by atoms with Crippen molar-refractivity contribution in [3.8, 4) is 24.3 Å². The third kappa shape index (κ3) is 2.99. The van der Waals surface area contributed by atoms with E-state index >= 15 is 0 Å². The van der Waals surface area contributed by atoms with Gasteiger partial charge in [-0.05, 0) is 36.1 Å². The molecular formula is C13H7ClN4. The van der Waals surface area contributed by atoms with Gasteiger partial charge in [-0.3, -0.25) is 0 Å². The molecule has 0 saturated carbocycles. The average molecular weight is 255 g/mol. The first-order chi connectivity index (χ1) is 8.65. The number of rotatable bonds is 2. The maximum Gasteiger partial charge on any atom is 0.152 e. The first-order valence-corrected chi connectivity index (χ1v) is 5.45. The highest BCUT2D eigenvalue weighted by molar-refractivity contribution is 6.33. The van der Waals surface area contributed by atoms with Crippen molar-refractivity contribution in [1.29, 1.82) is 21.0 Å². The summed E-state index contributed by atoms with van der Waals surface area (Å²) < 4.78 is 0. The van der Waals surface area contributed by atoms with Crippen molar-refractivity contribution in [2.45, 2.75) is 12.8 Å². The van der Waals surface area contributed by atoms with E-state index < -0.39 is 5.92 Å². The SMILES string of the molecule is N#CC(C#N)=CC1=C(Cl)C(=CC(C#N)C#N)CC1. The highest BCUT2D eigenvalue weighted by Gasteiger charge is 2.18. The minimum atomic E-state index is -0.830. The van der Waals surface area contributed by atoms with Crippen LogP contribution in [0.4, 0.5) is 0 Å². The molecule has 1 rings (SSSR count). The Bertz CT molecular complexity index is 581. The summed E-state index contributed by atoms with van der Waals surface area (Å²) in [4.78, 5) is 0. The van der Waals surface area contributed by atoms with E-state index in [0.717, 1.165) is 0 Å². The monoisotopic (exact) mass is 254 g/mol. The summed E-state index contributed by atoms with van der Waals surface area (Å²) in [7, 11) is 0. The quantitative estimate of drug-likeness (QED) is 0.708. The van der Waals surface area contributed by atoms with Gasteiger partial charge in [0.05, 0.1) is 12.1 Å². The minimum absolute atomic E-state index is 0.0125. The number of allylic oxidation sites excluding steroid dienone is 6. The Morgan fingerprint density at radius 2 is 1.72 bits per heavy atom. The maximum absolute atomic E-state index is 8.69. The first kappa shape index (κ1) is 13.5. The smallest absolute Gasteiger partial charge is 0.152 e. The number of hydrogen-bond donors (Lipinski definition) is 0. The van der Waals surface area contributed by atoms with Crippen LogP contribution in [0.15, 0.2) is 33.9 Å². The first-order valence-electron chi connectivity index (χ1n) is 5.07. The third-order valence-electron chi connectivity index (χ3n) is 2.43. The van der Waals surface area contributed by atoms with E-state index in [0.29, 0.717) is 29.0 Å². The lowest BCUT2D eigenvalue weighted by molar-refractivity contribution is 0.996. The molecule has 0 atom stereocenters. The Kier molecular flexibility index (Phi) is 4.71. The second kappa shape index (κ2) is 6.27. The Morgan fingerprint density at radius 3 is 2.22 bits per heavy atom. The topological polar surface area (TPSA) is 95.2 Å². The lowest BCUT2D eigenvalue weighted by Gasteiger charge is -1.97. The van der Waals surface area contributed by atoms with Gasteiger partial charge in [0, 0.05) is 5.03 Å². The van der Waals surface area contributed by atoms with Gasteiger partial charge in [0.1, 0.15) is 17.7 Å². The van der Waals surface area contributed by atoms with Gasteiger partial charge in [0.15, 0.2) is 5.92 Å². The number of halogens is 1. The minimum Gasteiger partial charge on any atom is -0.197 e. The van der Waals surface area contributed by atoms with Gasteiger partial charge in [-0.25, -0.2) is 0 Å². The van der Waals surface area contributed by atoms with Gasteiger partial charge in [-0.15, -0.1) is 0 Å². The third-order valence-corrected chi connectivity index (χ3v) is 2.92. The van der Waals surface area contributed by atoms with Gasteiger partial charge in [0.2, 0.25) is 0 Å². The molecular weight excluding hydrogens is 248 g/mol. The Balaban J connectivity index is 3.09. The van der Waals surface area contributed by atoms with Crippen LogP contribution in [-0.4, -0.2) is 0 Å². The summed E-state index contributed by atoms with van der Waals surface area (Å²) in [6, 6.07) is 7.20. The van der Waals surface area contributed by atoms with E-state index in [1.807, 2.05) is 12.1 Å². The van der Waals surface area contributed by atoms with Gasteiger partial charge < -0.3 is 0 Å². The van der Waals surface area contributed by atoms with Crippen LogP contribution in [0, 0.1) is 51.2 Å². The standard InChI is InChI=1S/C13H7ClN4/c14-13-11(3-9(5-15)6-16)1-2-12(13)4-10(7-17)8-18/h3-4,9H,1-2H2. The molecule has 0 aromatic carbocycles. The zero-order valence-corrected chi connectivity index (χ0v) is 10.1. The maximum atomic E-state index is 8.69. The van der Waals surface area contributed by atoms with Crippen LogP contribution < -0.4 is 0 Å². The molecule has 0 bridgehead atoms. The van der Waals surface area contributed by atoms with Crippen molar-refractivity contribution in [2.75, 3.05) is 0 Å². The van der Waals surface area contributed by atoms with Crippen LogP contribution in [0.3, 0.4) is 0 Å². The van der Waals surface area contributed by atoms with Crippen LogP contribution in [0.25, 0.3) is 0 Å². The fourth-order valence-corrected chi connectivity index (χ4v) is 1.86. The van der Waals surface area contributed by atoms with Gasteiger partial charge in [-0.1, -0.05) is 11.6 Å². The van der Waals surface area contributed by atoms with E-state index in [-0.39, 0.29) is 5.57 Å². The largest absolute Gasteiger partial charge is 0.197 e. The summed E-state index contributed by atoms with van der Waals surface area (Å²) in [5.74, 6) is -0.830. The van der Waals surface area contributed by atoms with E-state index in [2.05, 4.69) is 0 Å². The summed E-state index contributed by atoms with van der Waals surface area (Å²) in [5.41, 5.74) is 1.39. The number of hydrogen-bond acceptors (Lipinski definition) is 4. The van der Waals surface area contributed by atoms with Crippen LogP contribution in [0.2, 0.25) is 0 Å². The molecule has 5 heteroatoms. The summed E-state index contributed by atoms with van der Waals surface area (Å²) in [6.07, 6.45) is 4.16. The van der Waals surface area contributed by atoms with Crippen molar-refractivity contribution in [1.82, 2.24) is 0 Å². The molecule has 18 heavy (non-hydrogen) atoms. The molecule has 0 fully saturated rings. The van der Waals surface area contributed by atoms with E-state index in [4.69, 9.17) is 32.6 Å². The molecule has 0 radical (unpaired) electrons. The van der Waals surface area contributed by atoms with E-state index in [1.54, 1.807) is 12.1 Å². The Labute approximate surface area is 110 Å². The fourth-order valence-electron chi connectivity index (χ4n) is 1.56. The molecule has 1 aliphatic carbocycles.